The Labute approximate surface area is 814 Å². The third kappa shape index (κ3) is 56.1. The van der Waals surface area contributed by atoms with Crippen molar-refractivity contribution in [2.24, 2.45) is 98.6 Å². The quantitative estimate of drug-likeness (QED) is 0.0252. The maximum atomic E-state index is 14.8. The van der Waals surface area contributed by atoms with Crippen LogP contribution in [0.4, 0.5) is 0 Å². The van der Waals surface area contributed by atoms with Crippen molar-refractivity contribution in [1.29, 1.82) is 0 Å². The van der Waals surface area contributed by atoms with E-state index in [4.69, 9.17) is 63.1 Å². The third-order valence-electron chi connectivity index (χ3n) is 21.9. The molecule has 0 saturated heterocycles. The van der Waals surface area contributed by atoms with Crippen LogP contribution in [0.3, 0.4) is 0 Å². The topological polar surface area (TPSA) is 862 Å². The summed E-state index contributed by atoms with van der Waals surface area (Å²) in [6, 6.07) is -24.5. The SMILES string of the molecule is CC(C)C[C@H](NC(=O)[C@H](CCC(N)=O)NC(=O)[C@H](CC(C)C)NC(=O)[C@H](CCC(N)=O)NC(=O)[C@H](CC(C)C)NC(=O)[C@H](CCC(N)=O)NC(=O)[C@H](CC(C)C)NC(=O)[C@H](CCC(N)=O)NC(=O)[C@H](CC(C)C)NC(=O)[C@H](CCC(N)=O)NC(=O)[C@H](CC(C)C)NC(=O)[C@H](CCC(N)=O)NC(=O)[C@H](CCCCN)NC(=O)[C@@H](N)CCCCN)C(=O)N[C@@H](CCCCN)C(=O)N[C@@H](CCCCN)C(=O)O. The molecule has 139 heavy (non-hydrogen) atoms. The predicted octanol–water partition coefficient (Wildman–Crippen LogP) is -5.94. The van der Waals surface area contributed by atoms with Crippen molar-refractivity contribution < 1.29 is 111 Å². The predicted molar refractivity (Wildman–Crippen MR) is 513 cm³/mol. The van der Waals surface area contributed by atoms with Gasteiger partial charge in [0, 0.05) is 38.5 Å². The van der Waals surface area contributed by atoms with Gasteiger partial charge in [-0.1, -0.05) is 89.5 Å². The van der Waals surface area contributed by atoms with Gasteiger partial charge in [0.2, 0.25) is 124 Å². The molecule has 0 aliphatic rings. The Bertz CT molecular complexity index is 4000. The molecule has 0 aromatic rings. The minimum atomic E-state index is -1.76. The van der Waals surface area contributed by atoms with Crippen LogP contribution in [-0.4, -0.2) is 258 Å². The van der Waals surface area contributed by atoms with Crippen LogP contribution in [0.2, 0.25) is 0 Å². The number of carbonyl (C=O) groups is 22. The Morgan fingerprint density at radius 1 is 0.187 bits per heavy atom. The summed E-state index contributed by atoms with van der Waals surface area (Å²) < 4.78 is 0. The van der Waals surface area contributed by atoms with Gasteiger partial charge in [-0.25, -0.2) is 4.79 Å². The summed E-state index contributed by atoms with van der Waals surface area (Å²) in [5.74, 6) is -24.3. The summed E-state index contributed by atoms with van der Waals surface area (Å²) in [5.41, 5.74) is 62.1. The van der Waals surface area contributed by atoms with Crippen molar-refractivity contribution in [1.82, 2.24) is 79.8 Å². The zero-order valence-electron chi connectivity index (χ0n) is 83.0. The Kier molecular flexibility index (Phi) is 63.2. The third-order valence-corrected chi connectivity index (χ3v) is 21.9. The monoisotopic (exact) mass is 1980 g/mol. The lowest BCUT2D eigenvalue weighted by Crippen LogP contribution is -2.61. The molecule has 49 nitrogen and oxygen atoms in total. The zero-order valence-corrected chi connectivity index (χ0v) is 83.0. The molecule has 0 spiro atoms. The molecule has 0 bridgehead atoms. The van der Waals surface area contributed by atoms with Gasteiger partial charge in [0.15, 0.2) is 0 Å². The van der Waals surface area contributed by atoms with Gasteiger partial charge < -0.3 is 148 Å². The second kappa shape index (κ2) is 69.0. The summed E-state index contributed by atoms with van der Waals surface area (Å²) in [6.07, 6.45) is -3.28. The zero-order chi connectivity index (χ0) is 106. The number of hydrogen-bond acceptors (Lipinski definition) is 27. The lowest BCUT2D eigenvalue weighted by atomic mass is 9.99. The highest BCUT2D eigenvalue weighted by Gasteiger charge is 2.41. The normalized spacial score (nSPS) is 14.8. The smallest absolute Gasteiger partial charge is 0.326 e. The summed E-state index contributed by atoms with van der Waals surface area (Å²) >= 11 is 0. The second-order valence-electron chi connectivity index (χ2n) is 37.8. The first kappa shape index (κ1) is 127. The van der Waals surface area contributed by atoms with E-state index in [0.29, 0.717) is 57.9 Å². The molecule has 38 N–H and O–H groups in total. The maximum absolute atomic E-state index is 14.8. The number of carboxylic acids is 1. The van der Waals surface area contributed by atoms with Gasteiger partial charge >= 0.3 is 5.97 Å². The maximum Gasteiger partial charge on any atom is 0.326 e. The van der Waals surface area contributed by atoms with E-state index in [1.54, 1.807) is 83.1 Å². The van der Waals surface area contributed by atoms with E-state index in [2.05, 4.69) is 79.8 Å². The Morgan fingerprint density at radius 3 is 0.468 bits per heavy atom. The van der Waals surface area contributed by atoms with Crippen molar-refractivity contribution >= 4 is 130 Å². The van der Waals surface area contributed by atoms with Crippen molar-refractivity contribution in [3.8, 4) is 0 Å². The number of primary amides is 6. The minimum absolute atomic E-state index is 0.0116. The van der Waals surface area contributed by atoms with Gasteiger partial charge in [0.25, 0.3) is 0 Å². The number of hydrogen-bond donors (Lipinski definition) is 27. The Morgan fingerprint density at radius 2 is 0.317 bits per heavy atom. The summed E-state index contributed by atoms with van der Waals surface area (Å²) in [5, 5.41) is 48.2. The fourth-order valence-corrected chi connectivity index (χ4v) is 14.6. The number of aliphatic carboxylic acids is 1. The molecule has 0 saturated carbocycles. The van der Waals surface area contributed by atoms with Crippen molar-refractivity contribution in [3.05, 3.63) is 0 Å². The van der Waals surface area contributed by atoms with E-state index < -0.39 is 327 Å². The van der Waals surface area contributed by atoms with E-state index in [9.17, 15) is 111 Å². The lowest BCUT2D eigenvalue weighted by molar-refractivity contribution is -0.142. The van der Waals surface area contributed by atoms with E-state index in [0.717, 1.165) is 0 Å². The van der Waals surface area contributed by atoms with Crippen LogP contribution in [0.5, 0.6) is 0 Å². The van der Waals surface area contributed by atoms with Crippen LogP contribution < -0.4 is 143 Å². The van der Waals surface area contributed by atoms with Crippen LogP contribution in [0.25, 0.3) is 0 Å². The molecule has 49 heteroatoms. The highest BCUT2D eigenvalue weighted by atomic mass is 16.4. The van der Waals surface area contributed by atoms with Gasteiger partial charge in [0.05, 0.1) is 6.04 Å². The second-order valence-corrected chi connectivity index (χ2v) is 37.8. The van der Waals surface area contributed by atoms with Gasteiger partial charge in [0.1, 0.15) is 90.6 Å². The highest BCUT2D eigenvalue weighted by molar-refractivity contribution is 6.02. The van der Waals surface area contributed by atoms with Crippen LogP contribution in [0.1, 0.15) is 276 Å². The molecule has 0 aliphatic heterocycles. The van der Waals surface area contributed by atoms with Gasteiger partial charge in [-0.15, -0.1) is 0 Å². The Hall–Kier alpha value is -11.9. The largest absolute Gasteiger partial charge is 0.480 e. The Balaban J connectivity index is 7.59. The fraction of sp³-hybridized carbons (Fsp3) is 0.756. The fourth-order valence-electron chi connectivity index (χ4n) is 14.6. The first-order valence-corrected chi connectivity index (χ1v) is 48.1. The van der Waals surface area contributed by atoms with E-state index in [1.165, 1.54) is 0 Å². The number of nitrogens with two attached hydrogens (primary N) is 11. The molecular formula is C90H164N26O23. The average Bonchev–Trinajstić information content (AvgIpc) is 0.850. The number of nitrogens with one attached hydrogen (secondary N) is 15. The molecule has 0 unspecified atom stereocenters. The molecule has 792 valence electrons. The number of rotatable bonds is 77. The summed E-state index contributed by atoms with van der Waals surface area (Å²) in [4.78, 5) is 303. The lowest BCUT2D eigenvalue weighted by Gasteiger charge is -2.29. The molecule has 21 amide bonds. The standard InChI is InChI=1S/C90H164N26O23/c1-47(2)41-63(84(132)103-55(23-15-19-39-93)77(125)110-62(90(138)139)24-16-20-40-94)111-79(127)57(26-32-70(97)118)105-86(134)65(43-49(5)6)113-81(129)59(28-34-72(99)120)107-88(136)67(45-51(9)10)115-83(131)61(30-36-74(101)122)109-89(137)68(46-52(11)12)116-82(130)60(29-35-73(100)121)108-87(135)66(44-50(7)8)114-80(128)58(27-33-71(98)119)106-85(133)64(42-48(3)4)112-78(126)56(25-31-69(96)117)104-76(124)54(22-14-18-38-92)102-75(123)53(95)21-13-17-37-91/h47-68H,13-46,91-95H2,1-12H3,(H2,96,117)(H2,97,118)(H2,98,119)(H2,99,120)(H2,100,121)(H2,101,122)(H,102,123)(H,103,132)(H,104,124)(H,105,134)(H,106,133)(H,107,136)(H,108,135)(H,109,137)(H,110,125)(H,111,127)(H,112,126)(H,113,129)(H,114,128)(H,115,131)(H,116,130)(H,138,139)/t53-,54-,55-,56-,57-,58-,59-,60-,61-,62-,63-,64-,65-,66-,67-,68-/m0/s1. The number of amides is 21. The van der Waals surface area contributed by atoms with Gasteiger partial charge in [-0.2, -0.15) is 0 Å². The van der Waals surface area contributed by atoms with Crippen molar-refractivity contribution in [2.45, 2.75) is 372 Å². The minimum Gasteiger partial charge on any atom is -0.480 e. The number of carbonyl (C=O) groups excluding carboxylic acids is 21. The van der Waals surface area contributed by atoms with E-state index >= 15 is 0 Å². The van der Waals surface area contributed by atoms with Gasteiger partial charge in [-0.3, -0.25) is 101 Å². The molecule has 16 atom stereocenters. The molecule has 0 aliphatic carbocycles. The number of carboxylic acid groups (broad SMARTS) is 1. The molecule has 0 radical (unpaired) electrons. The molecule has 0 heterocycles. The van der Waals surface area contributed by atoms with Crippen LogP contribution in [0.15, 0.2) is 0 Å². The molecular weight excluding hydrogens is 1810 g/mol. The van der Waals surface area contributed by atoms with E-state index in [1.807, 2.05) is 0 Å². The summed E-state index contributed by atoms with van der Waals surface area (Å²) in [7, 11) is 0. The highest BCUT2D eigenvalue weighted by Crippen LogP contribution is 2.19. The van der Waals surface area contributed by atoms with Crippen LogP contribution in [0, 0.1) is 35.5 Å². The first-order chi connectivity index (χ1) is 65.1. The van der Waals surface area contributed by atoms with Gasteiger partial charge in [-0.05, 0) is 209 Å². The van der Waals surface area contributed by atoms with E-state index in [-0.39, 0.29) is 95.7 Å². The molecule has 0 aromatic heterocycles. The van der Waals surface area contributed by atoms with Crippen LogP contribution in [-0.2, 0) is 105 Å². The van der Waals surface area contributed by atoms with Crippen molar-refractivity contribution in [3.63, 3.8) is 0 Å². The molecule has 0 aromatic carbocycles. The first-order valence-electron chi connectivity index (χ1n) is 48.1. The summed E-state index contributed by atoms with van der Waals surface area (Å²) in [6.45, 7) is 21.2. The molecule has 0 fully saturated rings. The molecule has 0 rings (SSSR count). The van der Waals surface area contributed by atoms with Crippen LogP contribution >= 0.6 is 0 Å². The van der Waals surface area contributed by atoms with Crippen molar-refractivity contribution in [2.75, 3.05) is 26.2 Å². The average molecular weight is 1980 g/mol. The number of unbranched alkanes of at least 4 members (excludes halogenated alkanes) is 4.